The molecule has 1 aliphatic heterocycles. The Morgan fingerprint density at radius 2 is 1.96 bits per heavy atom. The van der Waals surface area contributed by atoms with E-state index < -0.39 is 0 Å². The van der Waals surface area contributed by atoms with Gasteiger partial charge in [0.05, 0.1) is 0 Å². The number of hydrogen-bond acceptors (Lipinski definition) is 2. The molecule has 0 aromatic heterocycles. The van der Waals surface area contributed by atoms with Crippen molar-refractivity contribution in [3.8, 4) is 0 Å². The molecule has 1 saturated carbocycles. The molecule has 0 unspecified atom stereocenters. The Bertz CT molecular complexity index is 520. The molecule has 0 amide bonds. The lowest BCUT2D eigenvalue weighted by Crippen LogP contribution is -2.41. The van der Waals surface area contributed by atoms with Gasteiger partial charge in [-0.15, -0.1) is 0 Å². The van der Waals surface area contributed by atoms with Crippen molar-refractivity contribution in [2.75, 3.05) is 19.6 Å². The maximum Gasteiger partial charge on any atom is 0.188 e. The lowest BCUT2D eigenvalue weighted by molar-refractivity contribution is 0.252. The fraction of sp³-hybridized carbons (Fsp3) is 0.632. The van der Waals surface area contributed by atoms with Crippen LogP contribution in [0.1, 0.15) is 49.7 Å². The Labute approximate surface area is 140 Å². The molecular weight excluding hydrogens is 284 g/mol. The second-order valence-corrected chi connectivity index (χ2v) is 6.89. The van der Waals surface area contributed by atoms with Crippen LogP contribution in [0.3, 0.4) is 0 Å². The number of fused-ring (bicyclic) bond motifs is 1. The van der Waals surface area contributed by atoms with Crippen LogP contribution in [0.25, 0.3) is 0 Å². The van der Waals surface area contributed by atoms with Crippen LogP contribution < -0.4 is 11.1 Å². The first-order valence-corrected chi connectivity index (χ1v) is 9.17. The minimum absolute atomic E-state index is 0.547. The van der Waals surface area contributed by atoms with E-state index in [0.717, 1.165) is 32.6 Å². The fourth-order valence-corrected chi connectivity index (χ4v) is 3.74. The highest BCUT2D eigenvalue weighted by atomic mass is 15.1. The van der Waals surface area contributed by atoms with E-state index in [1.807, 2.05) is 0 Å². The van der Waals surface area contributed by atoms with Crippen molar-refractivity contribution < 1.29 is 0 Å². The first-order valence-electron chi connectivity index (χ1n) is 9.17. The van der Waals surface area contributed by atoms with E-state index >= 15 is 0 Å². The SMILES string of the molecule is NC(=NCCCN1CCc2ccccc2C1)NC1CCCCC1. The molecule has 1 aliphatic carbocycles. The van der Waals surface area contributed by atoms with Gasteiger partial charge in [-0.2, -0.15) is 0 Å². The zero-order chi connectivity index (χ0) is 15.9. The van der Waals surface area contributed by atoms with E-state index in [4.69, 9.17) is 5.73 Å². The summed E-state index contributed by atoms with van der Waals surface area (Å²) in [5.74, 6) is 0.640. The summed E-state index contributed by atoms with van der Waals surface area (Å²) in [5, 5.41) is 3.38. The number of rotatable bonds is 5. The smallest absolute Gasteiger partial charge is 0.188 e. The Kier molecular flexibility index (Phi) is 5.92. The van der Waals surface area contributed by atoms with Crippen molar-refractivity contribution in [2.45, 2.75) is 57.5 Å². The molecule has 23 heavy (non-hydrogen) atoms. The van der Waals surface area contributed by atoms with E-state index in [0.29, 0.717) is 12.0 Å². The minimum Gasteiger partial charge on any atom is -0.370 e. The van der Waals surface area contributed by atoms with Gasteiger partial charge in [0.15, 0.2) is 5.96 Å². The van der Waals surface area contributed by atoms with Crippen LogP contribution in [0.15, 0.2) is 29.3 Å². The molecule has 0 bridgehead atoms. The highest BCUT2D eigenvalue weighted by molar-refractivity contribution is 5.78. The summed E-state index contributed by atoms with van der Waals surface area (Å²) in [7, 11) is 0. The van der Waals surface area contributed by atoms with Gasteiger partial charge < -0.3 is 11.1 Å². The van der Waals surface area contributed by atoms with E-state index in [2.05, 4.69) is 39.5 Å². The lowest BCUT2D eigenvalue weighted by atomic mass is 9.96. The van der Waals surface area contributed by atoms with Gasteiger partial charge in [-0.05, 0) is 36.8 Å². The molecule has 126 valence electrons. The molecule has 0 saturated heterocycles. The maximum absolute atomic E-state index is 6.01. The first-order chi connectivity index (χ1) is 11.3. The zero-order valence-corrected chi connectivity index (χ0v) is 14.1. The molecular formula is C19H30N4. The number of aliphatic imine (C=N–C) groups is 1. The van der Waals surface area contributed by atoms with E-state index in [1.165, 1.54) is 49.7 Å². The van der Waals surface area contributed by atoms with Crippen molar-refractivity contribution in [3.63, 3.8) is 0 Å². The van der Waals surface area contributed by atoms with Gasteiger partial charge in [-0.3, -0.25) is 9.89 Å². The Morgan fingerprint density at radius 3 is 2.78 bits per heavy atom. The summed E-state index contributed by atoms with van der Waals surface area (Å²) in [5.41, 5.74) is 9.02. The predicted octanol–water partition coefficient (Wildman–Crippen LogP) is 2.67. The van der Waals surface area contributed by atoms with Gasteiger partial charge >= 0.3 is 0 Å². The van der Waals surface area contributed by atoms with Crippen LogP contribution in [0.2, 0.25) is 0 Å². The first kappa shape index (κ1) is 16.3. The van der Waals surface area contributed by atoms with Crippen LogP contribution in [-0.2, 0) is 13.0 Å². The van der Waals surface area contributed by atoms with Gasteiger partial charge in [-0.1, -0.05) is 43.5 Å². The minimum atomic E-state index is 0.547. The van der Waals surface area contributed by atoms with Crippen LogP contribution in [0.4, 0.5) is 0 Å². The second kappa shape index (κ2) is 8.34. The topological polar surface area (TPSA) is 53.6 Å². The van der Waals surface area contributed by atoms with Crippen molar-refractivity contribution >= 4 is 5.96 Å². The van der Waals surface area contributed by atoms with E-state index in [-0.39, 0.29) is 0 Å². The quantitative estimate of drug-likeness (QED) is 0.499. The standard InChI is InChI=1S/C19H30N4/c20-19(22-18-9-2-1-3-10-18)21-12-6-13-23-14-11-16-7-4-5-8-17(16)15-23/h4-5,7-8,18H,1-3,6,9-15H2,(H3,20,21,22). The number of nitrogens with one attached hydrogen (secondary N) is 1. The Morgan fingerprint density at radius 1 is 1.17 bits per heavy atom. The van der Waals surface area contributed by atoms with Crippen LogP contribution in [0, 0.1) is 0 Å². The van der Waals surface area contributed by atoms with Gasteiger partial charge in [0.25, 0.3) is 0 Å². The van der Waals surface area contributed by atoms with Crippen molar-refractivity contribution in [1.29, 1.82) is 0 Å². The number of guanidine groups is 1. The summed E-state index contributed by atoms with van der Waals surface area (Å²) in [6.07, 6.45) is 8.74. The summed E-state index contributed by atoms with van der Waals surface area (Å²) < 4.78 is 0. The van der Waals surface area contributed by atoms with Crippen LogP contribution in [-0.4, -0.2) is 36.5 Å². The largest absolute Gasteiger partial charge is 0.370 e. The molecule has 0 radical (unpaired) electrons. The third-order valence-electron chi connectivity index (χ3n) is 5.08. The van der Waals surface area contributed by atoms with E-state index in [1.54, 1.807) is 0 Å². The summed E-state index contributed by atoms with van der Waals surface area (Å²) in [6.45, 7) is 4.17. The summed E-state index contributed by atoms with van der Waals surface area (Å²) in [4.78, 5) is 7.03. The molecule has 0 spiro atoms. The number of benzene rings is 1. The van der Waals surface area contributed by atoms with E-state index in [9.17, 15) is 0 Å². The molecule has 4 nitrogen and oxygen atoms in total. The van der Waals surface area contributed by atoms with Crippen molar-refractivity contribution in [1.82, 2.24) is 10.2 Å². The van der Waals surface area contributed by atoms with Crippen molar-refractivity contribution in [3.05, 3.63) is 35.4 Å². The van der Waals surface area contributed by atoms with Crippen molar-refractivity contribution in [2.24, 2.45) is 10.7 Å². The van der Waals surface area contributed by atoms with Gasteiger partial charge in [-0.25, -0.2) is 0 Å². The average Bonchev–Trinajstić information content (AvgIpc) is 2.59. The molecule has 2 aliphatic rings. The molecule has 0 atom stereocenters. The molecule has 1 aromatic carbocycles. The molecule has 1 aromatic rings. The highest BCUT2D eigenvalue weighted by Gasteiger charge is 2.15. The fourth-order valence-electron chi connectivity index (χ4n) is 3.74. The van der Waals surface area contributed by atoms with Crippen LogP contribution in [0.5, 0.6) is 0 Å². The number of nitrogens with zero attached hydrogens (tertiary/aromatic N) is 2. The average molecular weight is 314 g/mol. The summed E-state index contributed by atoms with van der Waals surface area (Å²) in [6, 6.07) is 9.35. The molecule has 4 heteroatoms. The zero-order valence-electron chi connectivity index (χ0n) is 14.1. The third-order valence-corrected chi connectivity index (χ3v) is 5.08. The third kappa shape index (κ3) is 4.96. The Hall–Kier alpha value is -1.55. The second-order valence-electron chi connectivity index (χ2n) is 6.89. The normalized spacial score (nSPS) is 20.3. The van der Waals surface area contributed by atoms with Gasteiger partial charge in [0.1, 0.15) is 0 Å². The maximum atomic E-state index is 6.01. The molecule has 3 N–H and O–H groups in total. The predicted molar refractivity (Wildman–Crippen MR) is 96.5 cm³/mol. The van der Waals surface area contributed by atoms with Crippen LogP contribution >= 0.6 is 0 Å². The summed E-state index contributed by atoms with van der Waals surface area (Å²) >= 11 is 0. The monoisotopic (exact) mass is 314 g/mol. The number of nitrogens with two attached hydrogens (primary N) is 1. The Balaban J connectivity index is 1.36. The highest BCUT2D eigenvalue weighted by Crippen LogP contribution is 2.18. The molecule has 1 heterocycles. The lowest BCUT2D eigenvalue weighted by Gasteiger charge is -2.28. The number of hydrogen-bond donors (Lipinski definition) is 2. The van der Waals surface area contributed by atoms with Gasteiger partial charge in [0.2, 0.25) is 0 Å². The van der Waals surface area contributed by atoms with Gasteiger partial charge in [0, 0.05) is 32.2 Å². The molecule has 3 rings (SSSR count). The molecule has 1 fully saturated rings.